The number of hydrogen-bond donors (Lipinski definition) is 4. The molecule has 9 heteroatoms. The van der Waals surface area contributed by atoms with E-state index in [9.17, 15) is 24.6 Å². The quantitative estimate of drug-likeness (QED) is 0.264. The number of nitrogens with zero attached hydrogens (tertiary/aromatic N) is 1. The molecule has 0 saturated heterocycles. The molecule has 2 aromatic carbocycles. The summed E-state index contributed by atoms with van der Waals surface area (Å²) >= 11 is 0. The van der Waals surface area contributed by atoms with E-state index >= 15 is 0 Å². The lowest BCUT2D eigenvalue weighted by atomic mass is 9.98. The first kappa shape index (κ1) is 32.6. The largest absolute Gasteiger partial charge is 0.507 e. The molecule has 40 heavy (non-hydrogen) atoms. The summed E-state index contributed by atoms with van der Waals surface area (Å²) in [7, 11) is 0. The molecular weight excluding hydrogens is 510 g/mol. The van der Waals surface area contributed by atoms with Crippen LogP contribution in [0.5, 0.6) is 5.75 Å². The number of amides is 3. The molecular formula is C31H45N3O6. The predicted octanol–water partition coefficient (Wildman–Crippen LogP) is 5.29. The van der Waals surface area contributed by atoms with Crippen molar-refractivity contribution in [3.8, 4) is 5.75 Å². The molecule has 0 saturated carbocycles. The first-order chi connectivity index (χ1) is 18.8. The smallest absolute Gasteiger partial charge is 0.408 e. The molecule has 0 aliphatic heterocycles. The van der Waals surface area contributed by atoms with Gasteiger partial charge in [-0.15, -0.1) is 0 Å². The van der Waals surface area contributed by atoms with Crippen molar-refractivity contribution in [3.05, 3.63) is 58.7 Å². The third kappa shape index (κ3) is 8.98. The lowest BCUT2D eigenvalue weighted by Gasteiger charge is -2.34. The highest BCUT2D eigenvalue weighted by molar-refractivity contribution is 6.00. The SMILES string of the molecule is CCCCCCN(C(=O)C(CO)NC(=O)OC(C)(C)C)C(C(=O)Nc1c(C)cccc1C)c1cccc(C)c1O. The zero-order valence-corrected chi connectivity index (χ0v) is 24.8. The molecule has 0 radical (unpaired) electrons. The summed E-state index contributed by atoms with van der Waals surface area (Å²) in [6.45, 7) is 12.1. The van der Waals surface area contributed by atoms with Gasteiger partial charge in [0.15, 0.2) is 0 Å². The minimum atomic E-state index is -1.36. The van der Waals surface area contributed by atoms with Gasteiger partial charge in [-0.25, -0.2) is 4.79 Å². The summed E-state index contributed by atoms with van der Waals surface area (Å²) in [6, 6.07) is 8.09. The average molecular weight is 556 g/mol. The minimum Gasteiger partial charge on any atom is -0.507 e. The van der Waals surface area contributed by atoms with Gasteiger partial charge in [0.25, 0.3) is 5.91 Å². The maximum Gasteiger partial charge on any atom is 0.408 e. The molecule has 0 fully saturated rings. The summed E-state index contributed by atoms with van der Waals surface area (Å²) in [5.74, 6) is -1.28. The second kappa shape index (κ2) is 14.7. The number of ether oxygens (including phenoxy) is 1. The van der Waals surface area contributed by atoms with Crippen molar-refractivity contribution in [3.63, 3.8) is 0 Å². The van der Waals surface area contributed by atoms with Gasteiger partial charge in [0.2, 0.25) is 5.91 Å². The molecule has 2 unspecified atom stereocenters. The Hall–Kier alpha value is -3.59. The number of nitrogens with one attached hydrogen (secondary N) is 2. The second-order valence-electron chi connectivity index (χ2n) is 11.1. The van der Waals surface area contributed by atoms with Crippen LogP contribution < -0.4 is 10.6 Å². The van der Waals surface area contributed by atoms with Gasteiger partial charge >= 0.3 is 6.09 Å². The van der Waals surface area contributed by atoms with Crippen LogP contribution in [0.1, 0.15) is 81.7 Å². The second-order valence-corrected chi connectivity index (χ2v) is 11.1. The van der Waals surface area contributed by atoms with Crippen molar-refractivity contribution in [1.82, 2.24) is 10.2 Å². The fraction of sp³-hybridized carbons (Fsp3) is 0.516. The number of aliphatic hydroxyl groups is 1. The Bertz CT molecular complexity index is 1150. The van der Waals surface area contributed by atoms with E-state index in [1.807, 2.05) is 32.0 Å². The number of benzene rings is 2. The summed E-state index contributed by atoms with van der Waals surface area (Å²) in [4.78, 5) is 41.9. The number of aryl methyl sites for hydroxylation is 3. The van der Waals surface area contributed by atoms with Gasteiger partial charge in [-0.05, 0) is 64.7 Å². The fourth-order valence-corrected chi connectivity index (χ4v) is 4.47. The van der Waals surface area contributed by atoms with E-state index in [1.165, 1.54) is 4.90 Å². The summed E-state index contributed by atoms with van der Waals surface area (Å²) in [5.41, 5.74) is 2.30. The van der Waals surface area contributed by atoms with Crippen molar-refractivity contribution in [1.29, 1.82) is 0 Å². The summed E-state index contributed by atoms with van der Waals surface area (Å²) in [5, 5.41) is 26.6. The number of para-hydroxylation sites is 2. The molecule has 2 aromatic rings. The van der Waals surface area contributed by atoms with E-state index in [4.69, 9.17) is 4.74 Å². The van der Waals surface area contributed by atoms with E-state index in [-0.39, 0.29) is 17.9 Å². The molecule has 3 amide bonds. The highest BCUT2D eigenvalue weighted by Gasteiger charge is 2.37. The third-order valence-electron chi connectivity index (χ3n) is 6.56. The van der Waals surface area contributed by atoms with Crippen LogP contribution in [0.15, 0.2) is 36.4 Å². The number of rotatable bonds is 12. The molecule has 0 aliphatic rings. The minimum absolute atomic E-state index is 0.101. The molecule has 0 heterocycles. The van der Waals surface area contributed by atoms with E-state index in [1.54, 1.807) is 45.9 Å². The molecule has 2 atom stereocenters. The average Bonchev–Trinajstić information content (AvgIpc) is 2.87. The van der Waals surface area contributed by atoms with Crippen LogP contribution in [-0.4, -0.2) is 57.8 Å². The molecule has 4 N–H and O–H groups in total. The van der Waals surface area contributed by atoms with Crippen molar-refractivity contribution in [2.24, 2.45) is 0 Å². The number of unbranched alkanes of at least 4 members (excludes halogenated alkanes) is 3. The van der Waals surface area contributed by atoms with Gasteiger partial charge in [-0.1, -0.05) is 62.6 Å². The normalized spacial score (nSPS) is 12.8. The van der Waals surface area contributed by atoms with E-state index in [0.29, 0.717) is 17.7 Å². The third-order valence-corrected chi connectivity index (χ3v) is 6.56. The Kier molecular flexibility index (Phi) is 12.0. The topological polar surface area (TPSA) is 128 Å². The van der Waals surface area contributed by atoms with Crippen LogP contribution in [0.3, 0.4) is 0 Å². The Morgan fingerprint density at radius 2 is 1.55 bits per heavy atom. The number of carbonyl (C=O) groups excluding carboxylic acids is 3. The van der Waals surface area contributed by atoms with Gasteiger partial charge < -0.3 is 30.5 Å². The van der Waals surface area contributed by atoms with E-state index < -0.39 is 42.2 Å². The van der Waals surface area contributed by atoms with E-state index in [2.05, 4.69) is 17.6 Å². The van der Waals surface area contributed by atoms with Crippen LogP contribution >= 0.6 is 0 Å². The maximum absolute atomic E-state index is 14.0. The van der Waals surface area contributed by atoms with Gasteiger partial charge in [-0.2, -0.15) is 0 Å². The Labute approximate surface area is 237 Å². The molecule has 0 aromatic heterocycles. The first-order valence-corrected chi connectivity index (χ1v) is 13.9. The van der Waals surface area contributed by atoms with Gasteiger partial charge in [0.1, 0.15) is 23.4 Å². The number of anilines is 1. The fourth-order valence-electron chi connectivity index (χ4n) is 4.47. The zero-order chi connectivity index (χ0) is 30.0. The van der Waals surface area contributed by atoms with Crippen LogP contribution in [0.2, 0.25) is 0 Å². The maximum atomic E-state index is 14.0. The van der Waals surface area contributed by atoms with Crippen LogP contribution in [0, 0.1) is 20.8 Å². The van der Waals surface area contributed by atoms with E-state index in [0.717, 1.165) is 30.4 Å². The number of aliphatic hydroxyl groups excluding tert-OH is 1. The number of phenolic OH excluding ortho intramolecular Hbond substituents is 1. The number of phenols is 1. The van der Waals surface area contributed by atoms with Crippen molar-refractivity contribution < 1.29 is 29.3 Å². The van der Waals surface area contributed by atoms with Crippen LogP contribution in [0.25, 0.3) is 0 Å². The summed E-state index contributed by atoms with van der Waals surface area (Å²) in [6.07, 6.45) is 2.46. The van der Waals surface area contributed by atoms with Crippen LogP contribution in [-0.2, 0) is 14.3 Å². The number of aromatic hydroxyl groups is 1. The molecule has 0 spiro atoms. The van der Waals surface area contributed by atoms with Gasteiger partial charge in [-0.3, -0.25) is 9.59 Å². The highest BCUT2D eigenvalue weighted by Crippen LogP contribution is 2.34. The lowest BCUT2D eigenvalue weighted by molar-refractivity contribution is -0.141. The molecule has 0 aliphatic carbocycles. The van der Waals surface area contributed by atoms with Crippen LogP contribution in [0.4, 0.5) is 10.5 Å². The molecule has 2 rings (SSSR count). The summed E-state index contributed by atoms with van der Waals surface area (Å²) < 4.78 is 5.29. The standard InChI is InChI=1S/C31H45N3O6/c1-8-9-10-11-18-34(29(38)24(19-35)32-30(39)40-31(5,6)7)26(23-17-13-16-22(4)27(23)36)28(37)33-25-20(2)14-12-15-21(25)3/h12-17,24,26,35-36H,8-11,18-19H2,1-7H3,(H,32,39)(H,33,37). The number of hydrogen-bond acceptors (Lipinski definition) is 6. The van der Waals surface area contributed by atoms with Crippen molar-refractivity contribution in [2.75, 3.05) is 18.5 Å². The van der Waals surface area contributed by atoms with Crippen molar-refractivity contribution in [2.45, 2.75) is 91.8 Å². The Morgan fingerprint density at radius 1 is 0.950 bits per heavy atom. The van der Waals surface area contributed by atoms with Crippen molar-refractivity contribution >= 4 is 23.6 Å². The Morgan fingerprint density at radius 3 is 2.12 bits per heavy atom. The monoisotopic (exact) mass is 555 g/mol. The van der Waals surface area contributed by atoms with Gasteiger partial charge in [0.05, 0.1) is 6.61 Å². The lowest BCUT2D eigenvalue weighted by Crippen LogP contribution is -2.54. The first-order valence-electron chi connectivity index (χ1n) is 13.9. The Balaban J connectivity index is 2.58. The zero-order valence-electron chi connectivity index (χ0n) is 24.8. The molecule has 220 valence electrons. The molecule has 0 bridgehead atoms. The predicted molar refractivity (Wildman–Crippen MR) is 156 cm³/mol. The molecule has 9 nitrogen and oxygen atoms in total. The van der Waals surface area contributed by atoms with Gasteiger partial charge in [0, 0.05) is 17.8 Å². The number of carbonyl (C=O) groups is 3. The number of alkyl carbamates (subject to hydrolysis) is 1. The highest BCUT2D eigenvalue weighted by atomic mass is 16.6.